The fraction of sp³-hybridized carbons (Fsp3) is 0.125. The zero-order chi connectivity index (χ0) is 14.7. The molecule has 0 aliphatic rings. The van der Waals surface area contributed by atoms with Crippen molar-refractivity contribution in [3.05, 3.63) is 66.5 Å². The fourth-order valence-electron chi connectivity index (χ4n) is 2.30. The summed E-state index contributed by atoms with van der Waals surface area (Å²) in [5.74, 6) is 0.283. The van der Waals surface area contributed by atoms with E-state index in [4.69, 9.17) is 5.73 Å². The first-order valence-electron chi connectivity index (χ1n) is 6.70. The first-order valence-corrected chi connectivity index (χ1v) is 6.70. The van der Waals surface area contributed by atoms with Gasteiger partial charge in [-0.05, 0) is 30.2 Å². The Morgan fingerprint density at radius 3 is 2.81 bits per heavy atom. The Balaban J connectivity index is 1.84. The molecule has 0 bridgehead atoms. The van der Waals surface area contributed by atoms with Crippen molar-refractivity contribution in [3.63, 3.8) is 0 Å². The minimum Gasteiger partial charge on any atom is -0.383 e. The molecule has 0 fully saturated rings. The van der Waals surface area contributed by atoms with Crippen LogP contribution in [0.3, 0.4) is 0 Å². The van der Waals surface area contributed by atoms with Crippen LogP contribution in [0.2, 0.25) is 0 Å². The molecule has 106 valence electrons. The number of hydrogen-bond acceptors (Lipinski definition) is 3. The quantitative estimate of drug-likeness (QED) is 0.800. The second kappa shape index (κ2) is 5.75. The lowest BCUT2D eigenvalue weighted by Crippen LogP contribution is -2.04. The zero-order valence-electron chi connectivity index (χ0n) is 11.4. The summed E-state index contributed by atoms with van der Waals surface area (Å²) in [6.45, 7) is 0.630. The van der Waals surface area contributed by atoms with E-state index >= 15 is 0 Å². The molecule has 0 saturated heterocycles. The molecule has 0 atom stereocenters. The van der Waals surface area contributed by atoms with Crippen molar-refractivity contribution in [1.29, 1.82) is 0 Å². The summed E-state index contributed by atoms with van der Waals surface area (Å²) >= 11 is 0. The normalized spacial score (nSPS) is 10.7. The molecule has 2 heterocycles. The number of benzene rings is 1. The molecular weight excluding hydrogens is 267 g/mol. The van der Waals surface area contributed by atoms with Crippen molar-refractivity contribution >= 4 is 5.82 Å². The fourth-order valence-corrected chi connectivity index (χ4v) is 2.30. The van der Waals surface area contributed by atoms with E-state index in [1.54, 1.807) is 30.9 Å². The Kier molecular flexibility index (Phi) is 3.64. The zero-order valence-corrected chi connectivity index (χ0v) is 11.4. The summed E-state index contributed by atoms with van der Waals surface area (Å²) in [7, 11) is 0. The average Bonchev–Trinajstić information content (AvgIpc) is 2.95. The number of halogens is 1. The van der Waals surface area contributed by atoms with Gasteiger partial charge in [-0.3, -0.25) is 0 Å². The Bertz CT molecular complexity index is 751. The van der Waals surface area contributed by atoms with Crippen molar-refractivity contribution in [1.82, 2.24) is 14.5 Å². The summed E-state index contributed by atoms with van der Waals surface area (Å²) in [4.78, 5) is 8.25. The lowest BCUT2D eigenvalue weighted by Gasteiger charge is -2.10. The third-order valence-corrected chi connectivity index (χ3v) is 3.41. The number of nitrogen functional groups attached to an aromatic ring is 1. The number of pyridine rings is 1. The first-order chi connectivity index (χ1) is 10.3. The number of nitrogens with zero attached hydrogens (tertiary/aromatic N) is 3. The van der Waals surface area contributed by atoms with Gasteiger partial charge in [0.15, 0.2) is 0 Å². The van der Waals surface area contributed by atoms with Gasteiger partial charge in [0.25, 0.3) is 0 Å². The maximum Gasteiger partial charge on any atom is 0.132 e. The smallest absolute Gasteiger partial charge is 0.132 e. The van der Waals surface area contributed by atoms with Crippen LogP contribution in [0.25, 0.3) is 11.3 Å². The van der Waals surface area contributed by atoms with Gasteiger partial charge in [-0.25, -0.2) is 14.4 Å². The predicted octanol–water partition coefficient (Wildman–Crippen LogP) is 2.91. The molecule has 3 rings (SSSR count). The van der Waals surface area contributed by atoms with Crippen LogP contribution in [-0.2, 0) is 13.0 Å². The van der Waals surface area contributed by atoms with Crippen LogP contribution in [-0.4, -0.2) is 14.5 Å². The molecule has 4 nitrogen and oxygen atoms in total. The highest BCUT2D eigenvalue weighted by Gasteiger charge is 2.09. The van der Waals surface area contributed by atoms with Crippen LogP contribution < -0.4 is 5.73 Å². The van der Waals surface area contributed by atoms with Crippen molar-refractivity contribution < 1.29 is 4.39 Å². The number of rotatable bonds is 4. The van der Waals surface area contributed by atoms with Gasteiger partial charge < -0.3 is 10.3 Å². The summed E-state index contributed by atoms with van der Waals surface area (Å²) in [6, 6.07) is 10.5. The molecule has 0 spiro atoms. The highest BCUT2D eigenvalue weighted by Crippen LogP contribution is 2.23. The van der Waals surface area contributed by atoms with Gasteiger partial charge in [0.05, 0.1) is 18.2 Å². The number of aryl methyl sites for hydroxylation is 2. The largest absolute Gasteiger partial charge is 0.383 e. The first kappa shape index (κ1) is 13.3. The Morgan fingerprint density at radius 2 is 2.00 bits per heavy atom. The Morgan fingerprint density at radius 1 is 1.14 bits per heavy atom. The summed E-state index contributed by atoms with van der Waals surface area (Å²) < 4.78 is 15.6. The third-order valence-electron chi connectivity index (χ3n) is 3.41. The number of nitrogens with two attached hydrogens (primary N) is 1. The van der Waals surface area contributed by atoms with Gasteiger partial charge in [-0.1, -0.05) is 18.2 Å². The minimum atomic E-state index is -0.181. The number of hydrogen-bond donors (Lipinski definition) is 1. The monoisotopic (exact) mass is 282 g/mol. The van der Waals surface area contributed by atoms with Crippen LogP contribution in [0.5, 0.6) is 0 Å². The van der Waals surface area contributed by atoms with Crippen molar-refractivity contribution in [2.24, 2.45) is 0 Å². The summed E-state index contributed by atoms with van der Waals surface area (Å²) in [5.41, 5.74) is 8.31. The molecular formula is C16H15FN4. The van der Waals surface area contributed by atoms with Crippen molar-refractivity contribution in [3.8, 4) is 11.3 Å². The number of aromatic nitrogens is 3. The van der Waals surface area contributed by atoms with E-state index in [2.05, 4.69) is 9.97 Å². The third kappa shape index (κ3) is 2.76. The lowest BCUT2D eigenvalue weighted by atomic mass is 10.1. The van der Waals surface area contributed by atoms with E-state index in [9.17, 15) is 4.39 Å². The van der Waals surface area contributed by atoms with Gasteiger partial charge in [-0.15, -0.1) is 0 Å². The molecule has 5 heteroatoms. The van der Waals surface area contributed by atoms with E-state index in [0.717, 1.165) is 11.3 Å². The molecule has 0 radical (unpaired) electrons. The van der Waals surface area contributed by atoms with Crippen LogP contribution in [0.1, 0.15) is 5.56 Å². The van der Waals surface area contributed by atoms with Crippen LogP contribution in [0, 0.1) is 5.82 Å². The second-order valence-electron chi connectivity index (χ2n) is 4.75. The lowest BCUT2D eigenvalue weighted by molar-refractivity contribution is 0.594. The van der Waals surface area contributed by atoms with E-state index in [0.29, 0.717) is 24.3 Å². The topological polar surface area (TPSA) is 56.7 Å². The van der Waals surface area contributed by atoms with Crippen molar-refractivity contribution in [2.75, 3.05) is 5.73 Å². The van der Waals surface area contributed by atoms with Crippen LogP contribution in [0.4, 0.5) is 10.2 Å². The predicted molar refractivity (Wildman–Crippen MR) is 80.0 cm³/mol. The minimum absolute atomic E-state index is 0.181. The maximum atomic E-state index is 13.7. The number of imidazole rings is 1. The highest BCUT2D eigenvalue weighted by atomic mass is 19.1. The van der Waals surface area contributed by atoms with E-state index in [1.165, 1.54) is 6.07 Å². The van der Waals surface area contributed by atoms with Crippen molar-refractivity contribution in [2.45, 2.75) is 13.0 Å². The van der Waals surface area contributed by atoms with E-state index in [-0.39, 0.29) is 5.82 Å². The molecule has 21 heavy (non-hydrogen) atoms. The summed E-state index contributed by atoms with van der Waals surface area (Å²) in [5, 5.41) is 0. The highest BCUT2D eigenvalue weighted by molar-refractivity contribution is 5.70. The average molecular weight is 282 g/mol. The van der Waals surface area contributed by atoms with Gasteiger partial charge >= 0.3 is 0 Å². The standard InChI is InChI=1S/C16H15FN4/c17-14-6-2-1-4-12(14)7-9-21-11-19-10-15(21)13-5-3-8-20-16(13)18/h1-6,8,10-11H,7,9H2,(H2,18,20). The number of anilines is 1. The molecule has 0 saturated carbocycles. The molecule has 0 aliphatic carbocycles. The Labute approximate surface area is 122 Å². The molecule has 3 aromatic rings. The molecule has 0 amide bonds. The molecule has 0 unspecified atom stereocenters. The molecule has 2 N–H and O–H groups in total. The van der Waals surface area contributed by atoms with Gasteiger partial charge in [0, 0.05) is 18.3 Å². The second-order valence-corrected chi connectivity index (χ2v) is 4.75. The van der Waals surface area contributed by atoms with Gasteiger partial charge in [-0.2, -0.15) is 0 Å². The van der Waals surface area contributed by atoms with Gasteiger partial charge in [0.2, 0.25) is 0 Å². The maximum absolute atomic E-state index is 13.7. The van der Waals surface area contributed by atoms with Gasteiger partial charge in [0.1, 0.15) is 11.6 Å². The molecule has 1 aromatic carbocycles. The van der Waals surface area contributed by atoms with E-state index in [1.807, 2.05) is 22.8 Å². The van der Waals surface area contributed by atoms with E-state index < -0.39 is 0 Å². The SMILES string of the molecule is Nc1ncccc1-c1cncn1CCc1ccccc1F. The molecule has 0 aliphatic heterocycles. The summed E-state index contributed by atoms with van der Waals surface area (Å²) in [6.07, 6.45) is 5.71. The van der Waals surface area contributed by atoms with Crippen LogP contribution >= 0.6 is 0 Å². The Hall–Kier alpha value is -2.69. The van der Waals surface area contributed by atoms with Crippen LogP contribution in [0.15, 0.2) is 55.1 Å². The molecule has 2 aromatic heterocycles.